The lowest BCUT2D eigenvalue weighted by atomic mass is 10.0. The van der Waals surface area contributed by atoms with E-state index in [1.807, 2.05) is 19.1 Å². The van der Waals surface area contributed by atoms with Crippen LogP contribution in [0, 0.1) is 13.8 Å². The molecule has 1 aromatic carbocycles. The van der Waals surface area contributed by atoms with Crippen LogP contribution in [-0.4, -0.2) is 50.0 Å². The van der Waals surface area contributed by atoms with Crippen LogP contribution in [0.1, 0.15) is 11.5 Å². The molecule has 0 spiro atoms. The second-order valence-corrected chi connectivity index (χ2v) is 8.67. The van der Waals surface area contributed by atoms with Crippen molar-refractivity contribution in [2.45, 2.75) is 32.7 Å². The van der Waals surface area contributed by atoms with Crippen molar-refractivity contribution in [1.29, 1.82) is 0 Å². The summed E-state index contributed by atoms with van der Waals surface area (Å²) >= 11 is 6.67. The number of fused-ring (bicyclic) bond motifs is 1. The molecule has 4 aromatic rings. The SMILES string of the molecule is Cc1cncc(-c2ccc(-c3cc4cnc(C)nc4n(C[C@H]4OC[C@H](N)CO4)c3=O)c(Cl)c2)n1. The molecule has 1 fully saturated rings. The van der Waals surface area contributed by atoms with E-state index in [2.05, 4.69) is 19.9 Å². The molecule has 1 saturated heterocycles. The Bertz CT molecular complexity index is 1430. The smallest absolute Gasteiger partial charge is 0.260 e. The maximum Gasteiger partial charge on any atom is 0.260 e. The second-order valence-electron chi connectivity index (χ2n) is 8.27. The molecule has 5 rings (SSSR count). The van der Waals surface area contributed by atoms with Crippen LogP contribution >= 0.6 is 11.6 Å². The van der Waals surface area contributed by atoms with Gasteiger partial charge in [0, 0.05) is 39.5 Å². The van der Waals surface area contributed by atoms with E-state index in [-0.39, 0.29) is 18.1 Å². The van der Waals surface area contributed by atoms with E-state index in [4.69, 9.17) is 26.8 Å². The third-order valence-corrected chi connectivity index (χ3v) is 5.89. The van der Waals surface area contributed by atoms with Gasteiger partial charge in [-0.05, 0) is 26.0 Å². The van der Waals surface area contributed by atoms with Crippen LogP contribution in [0.25, 0.3) is 33.4 Å². The first-order valence-electron chi connectivity index (χ1n) is 10.8. The highest BCUT2D eigenvalue weighted by molar-refractivity contribution is 6.33. The van der Waals surface area contributed by atoms with Crippen molar-refractivity contribution in [2.24, 2.45) is 5.73 Å². The highest BCUT2D eigenvalue weighted by Gasteiger charge is 2.23. The van der Waals surface area contributed by atoms with Gasteiger partial charge in [-0.25, -0.2) is 15.0 Å². The van der Waals surface area contributed by atoms with E-state index in [9.17, 15) is 4.79 Å². The van der Waals surface area contributed by atoms with Crippen molar-refractivity contribution in [1.82, 2.24) is 24.5 Å². The molecular weight excluding hydrogens is 456 g/mol. The quantitative estimate of drug-likeness (QED) is 0.475. The monoisotopic (exact) mass is 478 g/mol. The number of ether oxygens (including phenoxy) is 2. The molecule has 2 N–H and O–H groups in total. The van der Waals surface area contributed by atoms with Gasteiger partial charge in [0.2, 0.25) is 0 Å². The van der Waals surface area contributed by atoms with Gasteiger partial charge in [-0.3, -0.25) is 14.3 Å². The average molecular weight is 479 g/mol. The van der Waals surface area contributed by atoms with Crippen LogP contribution in [0.3, 0.4) is 0 Å². The van der Waals surface area contributed by atoms with Gasteiger partial charge in [0.15, 0.2) is 6.29 Å². The Hall–Kier alpha value is -3.24. The minimum atomic E-state index is -0.607. The Morgan fingerprint density at radius 2 is 1.88 bits per heavy atom. The molecule has 0 bridgehead atoms. The first kappa shape index (κ1) is 22.5. The fraction of sp³-hybridized carbons (Fsp3) is 0.292. The average Bonchev–Trinajstić information content (AvgIpc) is 2.82. The summed E-state index contributed by atoms with van der Waals surface area (Å²) in [6, 6.07) is 7.06. The number of nitrogens with zero attached hydrogens (tertiary/aromatic N) is 5. The molecular formula is C24H23ClN6O3. The number of aryl methyl sites for hydroxylation is 2. The number of aromatic nitrogens is 5. The summed E-state index contributed by atoms with van der Waals surface area (Å²) in [7, 11) is 0. The number of rotatable bonds is 4. The molecule has 0 atom stereocenters. The summed E-state index contributed by atoms with van der Waals surface area (Å²) in [6.07, 6.45) is 4.45. The summed E-state index contributed by atoms with van der Waals surface area (Å²) in [6.45, 7) is 4.54. The molecule has 174 valence electrons. The first-order valence-corrected chi connectivity index (χ1v) is 11.2. The maximum absolute atomic E-state index is 13.7. The number of hydrogen-bond acceptors (Lipinski definition) is 8. The van der Waals surface area contributed by atoms with Gasteiger partial charge in [0.05, 0.1) is 43.4 Å². The van der Waals surface area contributed by atoms with E-state index >= 15 is 0 Å². The lowest BCUT2D eigenvalue weighted by molar-refractivity contribution is -0.191. The predicted molar refractivity (Wildman–Crippen MR) is 128 cm³/mol. The molecule has 0 radical (unpaired) electrons. The van der Waals surface area contributed by atoms with Gasteiger partial charge in [-0.1, -0.05) is 23.7 Å². The van der Waals surface area contributed by atoms with E-state index in [0.29, 0.717) is 51.9 Å². The third kappa shape index (κ3) is 4.43. The Kier molecular flexibility index (Phi) is 6.09. The number of pyridine rings is 1. The van der Waals surface area contributed by atoms with Crippen LogP contribution in [0.15, 0.2) is 47.7 Å². The summed E-state index contributed by atoms with van der Waals surface area (Å²) in [5.41, 5.74) is 9.45. The molecule has 10 heteroatoms. The topological polar surface area (TPSA) is 118 Å². The third-order valence-electron chi connectivity index (χ3n) is 5.58. The van der Waals surface area contributed by atoms with Gasteiger partial charge < -0.3 is 15.2 Å². The number of benzene rings is 1. The van der Waals surface area contributed by atoms with Crippen LogP contribution in [-0.2, 0) is 16.0 Å². The molecule has 34 heavy (non-hydrogen) atoms. The normalized spacial score (nSPS) is 18.4. The van der Waals surface area contributed by atoms with Gasteiger partial charge in [-0.2, -0.15) is 0 Å². The lowest BCUT2D eigenvalue weighted by Crippen LogP contribution is -2.43. The zero-order valence-electron chi connectivity index (χ0n) is 18.7. The van der Waals surface area contributed by atoms with Crippen molar-refractivity contribution >= 4 is 22.6 Å². The van der Waals surface area contributed by atoms with Gasteiger partial charge >= 0.3 is 0 Å². The lowest BCUT2D eigenvalue weighted by Gasteiger charge is -2.28. The van der Waals surface area contributed by atoms with Crippen LogP contribution in [0.5, 0.6) is 0 Å². The minimum Gasteiger partial charge on any atom is -0.349 e. The Morgan fingerprint density at radius 3 is 2.62 bits per heavy atom. The molecule has 9 nitrogen and oxygen atoms in total. The summed E-state index contributed by atoms with van der Waals surface area (Å²) in [4.78, 5) is 31.2. The van der Waals surface area contributed by atoms with Crippen LogP contribution in [0.4, 0.5) is 0 Å². The molecule has 0 unspecified atom stereocenters. The number of nitrogens with two attached hydrogens (primary N) is 1. The van der Waals surface area contributed by atoms with Gasteiger partial charge in [-0.15, -0.1) is 0 Å². The molecule has 1 aliphatic heterocycles. The van der Waals surface area contributed by atoms with Crippen LogP contribution in [0.2, 0.25) is 5.02 Å². The largest absolute Gasteiger partial charge is 0.349 e. The van der Waals surface area contributed by atoms with E-state index in [1.54, 1.807) is 42.2 Å². The van der Waals surface area contributed by atoms with Crippen molar-refractivity contribution in [2.75, 3.05) is 13.2 Å². The summed E-state index contributed by atoms with van der Waals surface area (Å²) in [5, 5.41) is 1.13. The molecule has 0 saturated carbocycles. The van der Waals surface area contributed by atoms with Gasteiger partial charge in [0.25, 0.3) is 5.56 Å². The van der Waals surface area contributed by atoms with Crippen molar-refractivity contribution in [3.8, 4) is 22.4 Å². The second kappa shape index (κ2) is 9.19. The minimum absolute atomic E-state index is 0.168. The van der Waals surface area contributed by atoms with E-state index < -0.39 is 6.29 Å². The first-order chi connectivity index (χ1) is 16.4. The van der Waals surface area contributed by atoms with E-state index in [1.165, 1.54) is 0 Å². The van der Waals surface area contributed by atoms with E-state index in [0.717, 1.165) is 11.3 Å². The molecule has 3 aromatic heterocycles. The Labute approximate surface area is 200 Å². The predicted octanol–water partition coefficient (Wildman–Crippen LogP) is 2.89. The molecule has 0 amide bonds. The highest BCUT2D eigenvalue weighted by Crippen LogP contribution is 2.31. The number of halogens is 1. The van der Waals surface area contributed by atoms with Crippen LogP contribution < -0.4 is 11.3 Å². The zero-order chi connectivity index (χ0) is 23.8. The standard InChI is InChI=1S/C24H23ClN6O3/c1-13-7-27-9-21(29-13)15-3-4-18(20(25)6-15)19-5-16-8-28-14(2)30-23(16)31(24(19)32)10-22-33-11-17(26)12-34-22/h3-9,17,22H,10-12,26H2,1-2H3/t17-,22-. The molecule has 4 heterocycles. The zero-order valence-corrected chi connectivity index (χ0v) is 19.5. The fourth-order valence-electron chi connectivity index (χ4n) is 3.91. The fourth-order valence-corrected chi connectivity index (χ4v) is 4.20. The summed E-state index contributed by atoms with van der Waals surface area (Å²) in [5.74, 6) is 0.558. The maximum atomic E-state index is 13.7. The Balaban J connectivity index is 1.60. The summed E-state index contributed by atoms with van der Waals surface area (Å²) < 4.78 is 12.9. The van der Waals surface area contributed by atoms with Gasteiger partial charge in [0.1, 0.15) is 11.5 Å². The van der Waals surface area contributed by atoms with Crippen molar-refractivity contribution < 1.29 is 9.47 Å². The molecule has 0 aliphatic carbocycles. The highest BCUT2D eigenvalue weighted by atomic mass is 35.5. The Morgan fingerprint density at radius 1 is 1.09 bits per heavy atom. The molecule has 1 aliphatic rings. The van der Waals surface area contributed by atoms with Crippen molar-refractivity contribution in [3.63, 3.8) is 0 Å². The number of hydrogen-bond donors (Lipinski definition) is 1. The van der Waals surface area contributed by atoms with Crippen molar-refractivity contribution in [3.05, 3.63) is 69.8 Å².